The number of carbonyl (C=O) groups is 1. The summed E-state index contributed by atoms with van der Waals surface area (Å²) < 4.78 is 0. The number of nitrogens with zero attached hydrogens (tertiary/aromatic N) is 3. The average molecular weight is 273 g/mol. The lowest BCUT2D eigenvalue weighted by Gasteiger charge is -2.50. The summed E-state index contributed by atoms with van der Waals surface area (Å²) in [5.41, 5.74) is 1.19. The second-order valence-corrected chi connectivity index (χ2v) is 6.17. The smallest absolute Gasteiger partial charge is 0.222 e. The third kappa shape index (κ3) is 2.57. The van der Waals surface area contributed by atoms with E-state index in [4.69, 9.17) is 0 Å². The summed E-state index contributed by atoms with van der Waals surface area (Å²) in [6, 6.07) is 6.07. The molecule has 0 radical (unpaired) electrons. The van der Waals surface area contributed by atoms with E-state index in [-0.39, 0.29) is 5.54 Å². The molecule has 4 nitrogen and oxygen atoms in total. The molecule has 2 saturated heterocycles. The van der Waals surface area contributed by atoms with Gasteiger partial charge in [-0.05, 0) is 44.4 Å². The molecule has 20 heavy (non-hydrogen) atoms. The van der Waals surface area contributed by atoms with Gasteiger partial charge in [-0.3, -0.25) is 14.7 Å². The number of amides is 1. The highest BCUT2D eigenvalue weighted by molar-refractivity contribution is 5.77. The molecule has 2 fully saturated rings. The van der Waals surface area contributed by atoms with Crippen LogP contribution in [0.3, 0.4) is 0 Å². The van der Waals surface area contributed by atoms with Gasteiger partial charge in [-0.15, -0.1) is 0 Å². The summed E-state index contributed by atoms with van der Waals surface area (Å²) in [4.78, 5) is 20.9. The van der Waals surface area contributed by atoms with Crippen LogP contribution >= 0.6 is 0 Å². The van der Waals surface area contributed by atoms with E-state index in [9.17, 15) is 4.79 Å². The molecule has 3 heterocycles. The zero-order valence-electron chi connectivity index (χ0n) is 12.2. The topological polar surface area (TPSA) is 36.4 Å². The fourth-order valence-corrected chi connectivity index (χ4v) is 3.71. The van der Waals surface area contributed by atoms with Crippen molar-refractivity contribution >= 4 is 5.91 Å². The maximum absolute atomic E-state index is 12.0. The fraction of sp³-hybridized carbons (Fsp3) is 0.625. The lowest BCUT2D eigenvalue weighted by atomic mass is 9.80. The van der Waals surface area contributed by atoms with Crippen LogP contribution in [-0.4, -0.2) is 46.4 Å². The van der Waals surface area contributed by atoms with Gasteiger partial charge in [0.15, 0.2) is 0 Å². The Bertz CT molecular complexity index is 472. The van der Waals surface area contributed by atoms with Crippen molar-refractivity contribution in [3.8, 4) is 0 Å². The summed E-state index contributed by atoms with van der Waals surface area (Å²) in [6.07, 6.45) is 7.08. The Hall–Kier alpha value is -1.42. The second-order valence-electron chi connectivity index (χ2n) is 6.17. The van der Waals surface area contributed by atoms with E-state index < -0.39 is 0 Å². The first-order chi connectivity index (χ1) is 9.70. The van der Waals surface area contributed by atoms with Gasteiger partial charge in [-0.2, -0.15) is 0 Å². The van der Waals surface area contributed by atoms with Gasteiger partial charge in [0.05, 0.1) is 11.2 Å². The molecule has 0 saturated carbocycles. The molecule has 1 aromatic rings. The van der Waals surface area contributed by atoms with Gasteiger partial charge < -0.3 is 4.90 Å². The van der Waals surface area contributed by atoms with E-state index in [0.717, 1.165) is 51.0 Å². The Morgan fingerprint density at radius 3 is 2.95 bits per heavy atom. The Balaban J connectivity index is 1.71. The van der Waals surface area contributed by atoms with Crippen molar-refractivity contribution in [2.45, 2.75) is 44.2 Å². The molecule has 2 aliphatic rings. The zero-order valence-corrected chi connectivity index (χ0v) is 12.2. The van der Waals surface area contributed by atoms with Crippen LogP contribution in [0.1, 0.15) is 37.8 Å². The number of pyridine rings is 1. The van der Waals surface area contributed by atoms with Gasteiger partial charge >= 0.3 is 0 Å². The van der Waals surface area contributed by atoms with Crippen LogP contribution in [0.5, 0.6) is 0 Å². The third-order valence-corrected chi connectivity index (χ3v) is 4.86. The molecule has 0 aliphatic carbocycles. The highest BCUT2D eigenvalue weighted by Gasteiger charge is 2.43. The number of hydrogen-bond acceptors (Lipinski definition) is 3. The predicted molar refractivity (Wildman–Crippen MR) is 78.1 cm³/mol. The molecule has 2 aliphatic heterocycles. The summed E-state index contributed by atoms with van der Waals surface area (Å²) in [5.74, 6) is 0.316. The van der Waals surface area contributed by atoms with Crippen molar-refractivity contribution in [1.82, 2.24) is 14.8 Å². The highest BCUT2D eigenvalue weighted by atomic mass is 16.2. The van der Waals surface area contributed by atoms with Crippen LogP contribution in [-0.2, 0) is 11.3 Å². The SMILES string of the molecule is CN1C(=O)CCC[C@@]12CCCN(Cc1ccccn1)C2. The molecule has 108 valence electrons. The van der Waals surface area contributed by atoms with E-state index in [2.05, 4.69) is 16.0 Å². The zero-order chi connectivity index (χ0) is 14.0. The first-order valence-electron chi connectivity index (χ1n) is 7.59. The number of likely N-dealkylation sites (tertiary alicyclic amines) is 2. The van der Waals surface area contributed by atoms with Crippen LogP contribution in [0.15, 0.2) is 24.4 Å². The van der Waals surface area contributed by atoms with Gasteiger partial charge in [0.25, 0.3) is 0 Å². The molecule has 0 N–H and O–H groups in total. The molecule has 1 aromatic heterocycles. The van der Waals surface area contributed by atoms with Crippen molar-refractivity contribution in [2.75, 3.05) is 20.1 Å². The van der Waals surface area contributed by atoms with Crippen LogP contribution < -0.4 is 0 Å². The largest absolute Gasteiger partial charge is 0.339 e. The Morgan fingerprint density at radius 2 is 2.15 bits per heavy atom. The molecule has 4 heteroatoms. The molecule has 1 spiro atoms. The van der Waals surface area contributed by atoms with Gasteiger partial charge in [-0.1, -0.05) is 6.07 Å². The maximum Gasteiger partial charge on any atom is 0.222 e. The van der Waals surface area contributed by atoms with E-state index in [1.807, 2.05) is 30.3 Å². The second kappa shape index (κ2) is 5.52. The number of aromatic nitrogens is 1. The summed E-state index contributed by atoms with van der Waals surface area (Å²) in [7, 11) is 1.99. The van der Waals surface area contributed by atoms with Crippen molar-refractivity contribution in [3.63, 3.8) is 0 Å². The molecular weight excluding hydrogens is 250 g/mol. The summed E-state index contributed by atoms with van der Waals surface area (Å²) in [5, 5.41) is 0. The normalized spacial score (nSPS) is 28.1. The fourth-order valence-electron chi connectivity index (χ4n) is 3.71. The number of likely N-dealkylation sites (N-methyl/N-ethyl adjacent to an activating group) is 1. The lowest BCUT2D eigenvalue weighted by molar-refractivity contribution is -0.143. The molecule has 0 aromatic carbocycles. The quantitative estimate of drug-likeness (QED) is 0.827. The molecule has 1 amide bonds. The Kier molecular flexibility index (Phi) is 3.74. The van der Waals surface area contributed by atoms with Crippen molar-refractivity contribution in [1.29, 1.82) is 0 Å². The third-order valence-electron chi connectivity index (χ3n) is 4.86. The first kappa shape index (κ1) is 13.6. The number of hydrogen-bond donors (Lipinski definition) is 0. The monoisotopic (exact) mass is 273 g/mol. The first-order valence-corrected chi connectivity index (χ1v) is 7.59. The molecule has 3 rings (SSSR count). The Morgan fingerprint density at radius 1 is 1.30 bits per heavy atom. The van der Waals surface area contributed by atoms with E-state index >= 15 is 0 Å². The minimum absolute atomic E-state index is 0.0718. The molecule has 1 atom stereocenters. The minimum atomic E-state index is 0.0718. The van der Waals surface area contributed by atoms with E-state index in [0.29, 0.717) is 5.91 Å². The van der Waals surface area contributed by atoms with Crippen molar-refractivity contribution < 1.29 is 4.79 Å². The average Bonchev–Trinajstić information content (AvgIpc) is 2.46. The number of carbonyl (C=O) groups excluding carboxylic acids is 1. The predicted octanol–water partition coefficient (Wildman–Crippen LogP) is 2.06. The highest BCUT2D eigenvalue weighted by Crippen LogP contribution is 2.35. The minimum Gasteiger partial charge on any atom is -0.339 e. The van der Waals surface area contributed by atoms with E-state index in [1.165, 1.54) is 6.42 Å². The van der Waals surface area contributed by atoms with Gasteiger partial charge in [0.1, 0.15) is 0 Å². The number of rotatable bonds is 2. The number of piperidine rings is 2. The van der Waals surface area contributed by atoms with Crippen molar-refractivity contribution in [2.24, 2.45) is 0 Å². The van der Waals surface area contributed by atoms with Crippen molar-refractivity contribution in [3.05, 3.63) is 30.1 Å². The standard InChI is InChI=1S/C16H23N3O/c1-18-15(20)7-4-8-16(18)9-5-11-19(13-16)12-14-6-2-3-10-17-14/h2-3,6,10H,4-5,7-9,11-13H2,1H3/t16-/m0/s1. The van der Waals surface area contributed by atoms with Crippen LogP contribution in [0.2, 0.25) is 0 Å². The molecule has 0 unspecified atom stereocenters. The lowest BCUT2D eigenvalue weighted by Crippen LogP contribution is -2.60. The van der Waals surface area contributed by atoms with E-state index in [1.54, 1.807) is 0 Å². The van der Waals surface area contributed by atoms with Gasteiger partial charge in [0.2, 0.25) is 5.91 Å². The Labute approximate surface area is 120 Å². The molecule has 0 bridgehead atoms. The molecular formula is C16H23N3O. The summed E-state index contributed by atoms with van der Waals surface area (Å²) >= 11 is 0. The van der Waals surface area contributed by atoms with Gasteiger partial charge in [-0.25, -0.2) is 0 Å². The van der Waals surface area contributed by atoms with Gasteiger partial charge in [0, 0.05) is 32.8 Å². The van der Waals surface area contributed by atoms with Crippen LogP contribution in [0, 0.1) is 0 Å². The van der Waals surface area contributed by atoms with Crippen LogP contribution in [0.4, 0.5) is 0 Å². The summed E-state index contributed by atoms with van der Waals surface area (Å²) in [6.45, 7) is 3.00. The van der Waals surface area contributed by atoms with Crippen LogP contribution in [0.25, 0.3) is 0 Å². The maximum atomic E-state index is 12.0.